The molecule has 20 heavy (non-hydrogen) atoms. The van der Waals surface area contributed by atoms with E-state index >= 15 is 0 Å². The predicted octanol–water partition coefficient (Wildman–Crippen LogP) is 2.62. The SMILES string of the molecule is COc1ccc(Cc2nc(C(F)(F)F)c(CN)s2)cn1. The van der Waals surface area contributed by atoms with Crippen LogP contribution < -0.4 is 10.5 Å². The molecule has 0 radical (unpaired) electrons. The van der Waals surface area contributed by atoms with Crippen molar-refractivity contribution in [2.24, 2.45) is 5.73 Å². The van der Waals surface area contributed by atoms with Gasteiger partial charge in [0.15, 0.2) is 5.69 Å². The second-order valence-electron chi connectivity index (χ2n) is 3.97. The van der Waals surface area contributed by atoms with E-state index in [9.17, 15) is 13.2 Å². The van der Waals surface area contributed by atoms with Crippen LogP contribution in [0.4, 0.5) is 13.2 Å². The molecular formula is C12H12F3N3OS. The van der Waals surface area contributed by atoms with E-state index in [2.05, 4.69) is 9.97 Å². The highest BCUT2D eigenvalue weighted by Crippen LogP contribution is 2.34. The monoisotopic (exact) mass is 303 g/mol. The fourth-order valence-electron chi connectivity index (χ4n) is 1.65. The van der Waals surface area contributed by atoms with Gasteiger partial charge in [0, 0.05) is 25.2 Å². The zero-order valence-corrected chi connectivity index (χ0v) is 11.4. The standard InChI is InChI=1S/C12H12F3N3OS/c1-19-9-3-2-7(6-17-9)4-10-18-11(12(13,14)15)8(5-16)20-10/h2-3,6H,4-5,16H2,1H3. The number of alkyl halides is 3. The van der Waals surface area contributed by atoms with Crippen LogP contribution in [0.1, 0.15) is 21.1 Å². The maximum Gasteiger partial charge on any atom is 0.434 e. The van der Waals surface area contributed by atoms with Crippen LogP contribution in [0.5, 0.6) is 5.88 Å². The number of methoxy groups -OCH3 is 1. The first-order valence-corrected chi connectivity index (χ1v) is 6.50. The summed E-state index contributed by atoms with van der Waals surface area (Å²) in [6, 6.07) is 3.39. The summed E-state index contributed by atoms with van der Waals surface area (Å²) in [4.78, 5) is 7.69. The van der Waals surface area contributed by atoms with Gasteiger partial charge in [0.1, 0.15) is 0 Å². The van der Waals surface area contributed by atoms with Gasteiger partial charge in [-0.05, 0) is 5.56 Å². The summed E-state index contributed by atoms with van der Waals surface area (Å²) < 4.78 is 43.2. The molecule has 0 spiro atoms. The molecule has 2 rings (SSSR count). The molecule has 0 amide bonds. The Bertz CT molecular complexity index is 581. The fourth-order valence-corrected chi connectivity index (χ4v) is 2.65. The van der Waals surface area contributed by atoms with E-state index in [0.717, 1.165) is 16.9 Å². The van der Waals surface area contributed by atoms with Crippen molar-refractivity contribution < 1.29 is 17.9 Å². The van der Waals surface area contributed by atoms with Gasteiger partial charge < -0.3 is 10.5 Å². The first-order chi connectivity index (χ1) is 9.44. The van der Waals surface area contributed by atoms with E-state index in [1.54, 1.807) is 18.3 Å². The van der Waals surface area contributed by atoms with Gasteiger partial charge in [-0.1, -0.05) is 6.07 Å². The smallest absolute Gasteiger partial charge is 0.434 e. The van der Waals surface area contributed by atoms with Gasteiger partial charge in [-0.15, -0.1) is 11.3 Å². The summed E-state index contributed by atoms with van der Waals surface area (Å²) in [6.45, 7) is -0.173. The van der Waals surface area contributed by atoms with Crippen molar-refractivity contribution in [3.05, 3.63) is 39.5 Å². The highest BCUT2D eigenvalue weighted by atomic mass is 32.1. The second-order valence-corrected chi connectivity index (χ2v) is 5.14. The highest BCUT2D eigenvalue weighted by Gasteiger charge is 2.36. The number of nitrogens with zero attached hydrogens (tertiary/aromatic N) is 2. The molecular weight excluding hydrogens is 291 g/mol. The molecule has 2 heterocycles. The number of rotatable bonds is 4. The number of thiazole rings is 1. The molecule has 108 valence electrons. The van der Waals surface area contributed by atoms with Crippen LogP contribution in [0.3, 0.4) is 0 Å². The van der Waals surface area contributed by atoms with E-state index in [1.807, 2.05) is 0 Å². The summed E-state index contributed by atoms with van der Waals surface area (Å²) in [7, 11) is 1.49. The molecule has 0 aromatic carbocycles. The Morgan fingerprint density at radius 2 is 2.10 bits per heavy atom. The number of nitrogens with two attached hydrogens (primary N) is 1. The molecule has 0 saturated carbocycles. The van der Waals surface area contributed by atoms with E-state index in [4.69, 9.17) is 10.5 Å². The summed E-state index contributed by atoms with van der Waals surface area (Å²) in [5.41, 5.74) is 5.21. The lowest BCUT2D eigenvalue weighted by molar-refractivity contribution is -0.141. The Balaban J connectivity index is 2.23. The van der Waals surface area contributed by atoms with Crippen molar-refractivity contribution >= 4 is 11.3 Å². The number of halogens is 3. The van der Waals surface area contributed by atoms with E-state index in [1.165, 1.54) is 7.11 Å². The Hall–Kier alpha value is -1.67. The highest BCUT2D eigenvalue weighted by molar-refractivity contribution is 7.11. The second kappa shape index (κ2) is 5.76. The van der Waals surface area contributed by atoms with Crippen LogP contribution in [-0.2, 0) is 19.1 Å². The van der Waals surface area contributed by atoms with Crippen LogP contribution in [0.2, 0.25) is 0 Å². The van der Waals surface area contributed by atoms with Crippen LogP contribution in [0, 0.1) is 0 Å². The molecule has 8 heteroatoms. The molecule has 0 atom stereocenters. The molecule has 0 aliphatic rings. The summed E-state index contributed by atoms with van der Waals surface area (Å²) in [6.07, 6.45) is -2.64. The number of hydrogen-bond donors (Lipinski definition) is 1. The third-order valence-electron chi connectivity index (χ3n) is 2.56. The van der Waals surface area contributed by atoms with Gasteiger partial charge in [-0.25, -0.2) is 9.97 Å². The van der Waals surface area contributed by atoms with Gasteiger partial charge in [0.25, 0.3) is 0 Å². The van der Waals surface area contributed by atoms with Crippen LogP contribution in [0.15, 0.2) is 18.3 Å². The maximum absolute atomic E-state index is 12.7. The van der Waals surface area contributed by atoms with Crippen LogP contribution in [-0.4, -0.2) is 17.1 Å². The lowest BCUT2D eigenvalue weighted by Gasteiger charge is -2.03. The van der Waals surface area contributed by atoms with Crippen molar-refractivity contribution in [2.45, 2.75) is 19.1 Å². The first-order valence-electron chi connectivity index (χ1n) is 5.68. The van der Waals surface area contributed by atoms with E-state index < -0.39 is 11.9 Å². The molecule has 0 bridgehead atoms. The van der Waals surface area contributed by atoms with Crippen molar-refractivity contribution in [1.29, 1.82) is 0 Å². The van der Waals surface area contributed by atoms with E-state index in [-0.39, 0.29) is 17.8 Å². The van der Waals surface area contributed by atoms with Crippen molar-refractivity contribution in [3.8, 4) is 5.88 Å². The van der Waals surface area contributed by atoms with Crippen LogP contribution >= 0.6 is 11.3 Å². The Kier molecular flexibility index (Phi) is 4.24. The average Bonchev–Trinajstić information content (AvgIpc) is 2.83. The lowest BCUT2D eigenvalue weighted by atomic mass is 10.2. The van der Waals surface area contributed by atoms with Gasteiger partial charge >= 0.3 is 6.18 Å². The number of pyridine rings is 1. The molecule has 2 aromatic rings. The summed E-state index contributed by atoms with van der Waals surface area (Å²) >= 11 is 0.976. The van der Waals surface area contributed by atoms with Crippen molar-refractivity contribution in [2.75, 3.05) is 7.11 Å². The molecule has 2 N–H and O–H groups in total. The largest absolute Gasteiger partial charge is 0.481 e. The minimum Gasteiger partial charge on any atom is -0.481 e. The number of aromatic nitrogens is 2. The average molecular weight is 303 g/mol. The number of ether oxygens (including phenoxy) is 1. The minimum atomic E-state index is -4.47. The molecule has 0 saturated heterocycles. The Morgan fingerprint density at radius 3 is 2.55 bits per heavy atom. The van der Waals surface area contributed by atoms with Gasteiger partial charge in [-0.3, -0.25) is 0 Å². The predicted molar refractivity (Wildman–Crippen MR) is 68.6 cm³/mol. The summed E-state index contributed by atoms with van der Waals surface area (Å²) in [5.74, 6) is 0.450. The molecule has 0 unspecified atom stereocenters. The number of hydrogen-bond acceptors (Lipinski definition) is 5. The minimum absolute atomic E-state index is 0.0500. The van der Waals surface area contributed by atoms with Crippen molar-refractivity contribution in [3.63, 3.8) is 0 Å². The molecule has 0 aliphatic carbocycles. The zero-order valence-electron chi connectivity index (χ0n) is 10.6. The first kappa shape index (κ1) is 14.7. The summed E-state index contributed by atoms with van der Waals surface area (Å²) in [5, 5.41) is 0.366. The zero-order chi connectivity index (χ0) is 14.8. The van der Waals surface area contributed by atoms with Gasteiger partial charge in [0.2, 0.25) is 5.88 Å². The molecule has 0 aliphatic heterocycles. The van der Waals surface area contributed by atoms with Gasteiger partial charge in [-0.2, -0.15) is 13.2 Å². The van der Waals surface area contributed by atoms with Gasteiger partial charge in [0.05, 0.1) is 17.0 Å². The lowest BCUT2D eigenvalue weighted by Crippen LogP contribution is -2.10. The Labute approximate surface area is 117 Å². The maximum atomic E-state index is 12.7. The van der Waals surface area contributed by atoms with Crippen LogP contribution in [0.25, 0.3) is 0 Å². The fraction of sp³-hybridized carbons (Fsp3) is 0.333. The Morgan fingerprint density at radius 1 is 1.35 bits per heavy atom. The van der Waals surface area contributed by atoms with Crippen molar-refractivity contribution in [1.82, 2.24) is 9.97 Å². The molecule has 2 aromatic heterocycles. The topological polar surface area (TPSA) is 61.0 Å². The quantitative estimate of drug-likeness (QED) is 0.943. The molecule has 4 nitrogen and oxygen atoms in total. The normalized spacial score (nSPS) is 11.7. The van der Waals surface area contributed by atoms with E-state index in [0.29, 0.717) is 10.9 Å². The molecule has 0 fully saturated rings. The third kappa shape index (κ3) is 3.26. The third-order valence-corrected chi connectivity index (χ3v) is 3.64.